The van der Waals surface area contributed by atoms with E-state index in [1.807, 2.05) is 0 Å². The molecule has 1 aliphatic carbocycles. The highest BCUT2D eigenvalue weighted by Gasteiger charge is 2.42. The van der Waals surface area contributed by atoms with Crippen molar-refractivity contribution in [3.05, 3.63) is 29.6 Å². The Bertz CT molecular complexity index is 804. The number of carbonyl (C=O) groups is 2. The van der Waals surface area contributed by atoms with E-state index in [9.17, 15) is 22.4 Å². The summed E-state index contributed by atoms with van der Waals surface area (Å²) in [6.45, 7) is 3.61. The van der Waals surface area contributed by atoms with E-state index in [4.69, 9.17) is 4.74 Å². The minimum absolute atomic E-state index is 0.160. The summed E-state index contributed by atoms with van der Waals surface area (Å²) in [5.74, 6) is -2.25. The first-order chi connectivity index (χ1) is 12.8. The molecule has 0 spiro atoms. The number of carbonyl (C=O) groups excluding carboxylic acids is 2. The van der Waals surface area contributed by atoms with Crippen LogP contribution in [0.25, 0.3) is 0 Å². The van der Waals surface area contributed by atoms with E-state index in [1.165, 1.54) is 0 Å². The molecule has 9 heteroatoms. The SMILES string of the molecule is CCNS(=O)(=O)c1ccc(F)c(C(=O)NC2(C(=O)OCC)CCCCC2)c1. The van der Waals surface area contributed by atoms with Crippen molar-refractivity contribution in [3.8, 4) is 0 Å². The number of amides is 1. The second-order valence-electron chi connectivity index (χ2n) is 6.46. The molecule has 150 valence electrons. The monoisotopic (exact) mass is 400 g/mol. The number of hydrogen-bond donors (Lipinski definition) is 2. The van der Waals surface area contributed by atoms with Crippen LogP contribution >= 0.6 is 0 Å². The summed E-state index contributed by atoms with van der Waals surface area (Å²) in [7, 11) is -3.84. The number of benzene rings is 1. The van der Waals surface area contributed by atoms with Crippen LogP contribution in [-0.4, -0.2) is 39.0 Å². The zero-order chi connectivity index (χ0) is 20.1. The van der Waals surface area contributed by atoms with E-state index >= 15 is 0 Å². The van der Waals surface area contributed by atoms with Gasteiger partial charge in [-0.25, -0.2) is 22.3 Å². The summed E-state index contributed by atoms with van der Waals surface area (Å²) < 4.78 is 45.9. The van der Waals surface area contributed by atoms with E-state index in [0.29, 0.717) is 12.8 Å². The zero-order valence-corrected chi connectivity index (χ0v) is 16.3. The number of ether oxygens (including phenoxy) is 1. The van der Waals surface area contributed by atoms with Crippen molar-refractivity contribution >= 4 is 21.9 Å². The van der Waals surface area contributed by atoms with E-state index < -0.39 is 38.8 Å². The van der Waals surface area contributed by atoms with Gasteiger partial charge in [0.05, 0.1) is 17.1 Å². The van der Waals surface area contributed by atoms with Gasteiger partial charge in [-0.05, 0) is 38.0 Å². The smallest absolute Gasteiger partial charge is 0.331 e. The van der Waals surface area contributed by atoms with E-state index in [0.717, 1.165) is 37.5 Å². The van der Waals surface area contributed by atoms with Crippen LogP contribution in [0.4, 0.5) is 4.39 Å². The van der Waals surface area contributed by atoms with Crippen LogP contribution in [0.1, 0.15) is 56.3 Å². The van der Waals surface area contributed by atoms with Crippen LogP contribution in [-0.2, 0) is 19.6 Å². The number of sulfonamides is 1. The molecule has 2 N–H and O–H groups in total. The largest absolute Gasteiger partial charge is 0.464 e. The van der Waals surface area contributed by atoms with Gasteiger partial charge in [0.2, 0.25) is 10.0 Å². The van der Waals surface area contributed by atoms with Crippen LogP contribution in [0.5, 0.6) is 0 Å². The van der Waals surface area contributed by atoms with Gasteiger partial charge in [0.1, 0.15) is 11.4 Å². The molecule has 1 fully saturated rings. The standard InChI is InChI=1S/C18H25FN2O5S/c1-3-20-27(24,25)13-8-9-15(19)14(12-13)16(22)21-18(17(23)26-4-2)10-6-5-7-11-18/h8-9,12,20H,3-7,10-11H2,1-2H3,(H,21,22). The third kappa shape index (κ3) is 4.84. The van der Waals surface area contributed by atoms with Gasteiger partial charge in [0.25, 0.3) is 5.91 Å². The van der Waals surface area contributed by atoms with Crippen molar-refractivity contribution in [1.82, 2.24) is 10.0 Å². The second-order valence-corrected chi connectivity index (χ2v) is 8.23. The fourth-order valence-electron chi connectivity index (χ4n) is 3.21. The third-order valence-corrected chi connectivity index (χ3v) is 6.10. The first-order valence-corrected chi connectivity index (χ1v) is 10.5. The van der Waals surface area contributed by atoms with Crippen LogP contribution in [0.3, 0.4) is 0 Å². The highest BCUT2D eigenvalue weighted by molar-refractivity contribution is 7.89. The highest BCUT2D eigenvalue weighted by atomic mass is 32.2. The Kier molecular flexibility index (Phi) is 6.94. The topological polar surface area (TPSA) is 102 Å². The number of nitrogens with one attached hydrogen (secondary N) is 2. The number of rotatable bonds is 7. The summed E-state index contributed by atoms with van der Waals surface area (Å²) >= 11 is 0. The molecule has 0 saturated heterocycles. The van der Waals surface area contributed by atoms with Crippen molar-refractivity contribution in [3.63, 3.8) is 0 Å². The maximum atomic E-state index is 14.2. The molecule has 1 amide bonds. The number of esters is 1. The average molecular weight is 400 g/mol. The molecule has 0 aromatic heterocycles. The fourth-order valence-corrected chi connectivity index (χ4v) is 4.28. The van der Waals surface area contributed by atoms with Crippen molar-refractivity contribution < 1.29 is 27.1 Å². The normalized spacial score (nSPS) is 16.6. The molecule has 0 bridgehead atoms. The highest BCUT2D eigenvalue weighted by Crippen LogP contribution is 2.30. The molecule has 0 heterocycles. The Balaban J connectivity index is 2.34. The van der Waals surface area contributed by atoms with Crippen LogP contribution < -0.4 is 10.0 Å². The van der Waals surface area contributed by atoms with Gasteiger partial charge < -0.3 is 10.1 Å². The molecule has 1 aromatic carbocycles. The lowest BCUT2D eigenvalue weighted by molar-refractivity contribution is -0.152. The summed E-state index contributed by atoms with van der Waals surface area (Å²) in [5, 5.41) is 2.62. The molecule has 0 unspecified atom stereocenters. The predicted octanol–water partition coefficient (Wildman–Crippen LogP) is 2.12. The lowest BCUT2D eigenvalue weighted by Crippen LogP contribution is -2.56. The van der Waals surface area contributed by atoms with Gasteiger partial charge in [-0.15, -0.1) is 0 Å². The maximum Gasteiger partial charge on any atom is 0.331 e. The molecule has 27 heavy (non-hydrogen) atoms. The molecule has 0 aliphatic heterocycles. The molecule has 0 atom stereocenters. The van der Waals surface area contributed by atoms with Crippen LogP contribution in [0.15, 0.2) is 23.1 Å². The quantitative estimate of drug-likeness (QED) is 0.683. The number of hydrogen-bond acceptors (Lipinski definition) is 5. The van der Waals surface area contributed by atoms with Gasteiger partial charge in [0, 0.05) is 6.54 Å². The predicted molar refractivity (Wildman–Crippen MR) is 97.2 cm³/mol. The van der Waals surface area contributed by atoms with Gasteiger partial charge in [-0.2, -0.15) is 0 Å². The molecule has 7 nitrogen and oxygen atoms in total. The Labute approximate surface area is 158 Å². The van der Waals surface area contributed by atoms with Crippen molar-refractivity contribution in [1.29, 1.82) is 0 Å². The minimum Gasteiger partial charge on any atom is -0.464 e. The molecule has 1 saturated carbocycles. The summed E-state index contributed by atoms with van der Waals surface area (Å²) in [6.07, 6.45) is 3.19. The van der Waals surface area contributed by atoms with Crippen molar-refractivity contribution in [2.75, 3.05) is 13.2 Å². The summed E-state index contributed by atoms with van der Waals surface area (Å²) in [5.41, 5.74) is -1.64. The third-order valence-electron chi connectivity index (χ3n) is 4.55. The van der Waals surface area contributed by atoms with Crippen molar-refractivity contribution in [2.45, 2.75) is 56.4 Å². The molecule has 1 aliphatic rings. The summed E-state index contributed by atoms with van der Waals surface area (Å²) in [6, 6.07) is 2.99. The first kappa shape index (κ1) is 21.3. The maximum absolute atomic E-state index is 14.2. The molecule has 2 rings (SSSR count). The minimum atomic E-state index is -3.84. The van der Waals surface area contributed by atoms with Crippen LogP contribution in [0, 0.1) is 5.82 Å². The van der Waals surface area contributed by atoms with Crippen molar-refractivity contribution in [2.24, 2.45) is 0 Å². The van der Waals surface area contributed by atoms with E-state index in [-0.39, 0.29) is 18.0 Å². The first-order valence-electron chi connectivity index (χ1n) is 9.04. The van der Waals surface area contributed by atoms with Gasteiger partial charge >= 0.3 is 5.97 Å². The number of halogens is 1. The lowest BCUT2D eigenvalue weighted by Gasteiger charge is -2.35. The fraction of sp³-hybridized carbons (Fsp3) is 0.556. The van der Waals surface area contributed by atoms with Gasteiger partial charge in [0.15, 0.2) is 0 Å². The van der Waals surface area contributed by atoms with E-state index in [2.05, 4.69) is 10.0 Å². The Morgan fingerprint density at radius 1 is 1.19 bits per heavy atom. The average Bonchev–Trinajstić information content (AvgIpc) is 2.62. The van der Waals surface area contributed by atoms with Gasteiger partial charge in [-0.1, -0.05) is 26.2 Å². The lowest BCUT2D eigenvalue weighted by atomic mass is 9.81. The zero-order valence-electron chi connectivity index (χ0n) is 15.5. The summed E-state index contributed by atoms with van der Waals surface area (Å²) in [4.78, 5) is 24.9. The Morgan fingerprint density at radius 2 is 1.85 bits per heavy atom. The Morgan fingerprint density at radius 3 is 2.44 bits per heavy atom. The molecular formula is C18H25FN2O5S. The van der Waals surface area contributed by atoms with E-state index in [1.54, 1.807) is 13.8 Å². The molecule has 0 radical (unpaired) electrons. The molecule has 1 aromatic rings. The second kappa shape index (κ2) is 8.79. The van der Waals surface area contributed by atoms with Gasteiger partial charge in [-0.3, -0.25) is 4.79 Å². The molecular weight excluding hydrogens is 375 g/mol. The Hall–Kier alpha value is -2.00. The van der Waals surface area contributed by atoms with Crippen LogP contribution in [0.2, 0.25) is 0 Å².